The third-order valence-corrected chi connectivity index (χ3v) is 2.73. The van der Waals surface area contributed by atoms with Crippen LogP contribution in [0.1, 0.15) is 5.82 Å². The van der Waals surface area contributed by atoms with E-state index in [0.29, 0.717) is 22.5 Å². The number of hydrogen-bond donors (Lipinski definition) is 1. The lowest BCUT2D eigenvalue weighted by Crippen LogP contribution is -2.13. The van der Waals surface area contributed by atoms with Gasteiger partial charge in [-0.05, 0) is 35.1 Å². The predicted molar refractivity (Wildman–Crippen MR) is 61.8 cm³/mol. The van der Waals surface area contributed by atoms with Gasteiger partial charge in [-0.25, -0.2) is 14.1 Å². The van der Waals surface area contributed by atoms with Crippen molar-refractivity contribution < 1.29 is 4.39 Å². The second-order valence-electron chi connectivity index (χ2n) is 3.19. The monoisotopic (exact) mass is 284 g/mol. The van der Waals surface area contributed by atoms with Crippen LogP contribution in [0.2, 0.25) is 0 Å². The van der Waals surface area contributed by atoms with Gasteiger partial charge in [-0.15, -0.1) is 0 Å². The second-order valence-corrected chi connectivity index (χ2v) is 4.05. The third kappa shape index (κ3) is 1.98. The summed E-state index contributed by atoms with van der Waals surface area (Å²) >= 11 is 3.14. The molecule has 0 amide bonds. The topological polar surface area (TPSA) is 42.7 Å². The summed E-state index contributed by atoms with van der Waals surface area (Å²) in [6, 6.07) is 5.06. The van der Waals surface area contributed by atoms with Crippen molar-refractivity contribution in [3.63, 3.8) is 0 Å². The highest BCUT2D eigenvalue weighted by Crippen LogP contribution is 2.21. The smallest absolute Gasteiger partial charge is 0.163 e. The Kier molecular flexibility index (Phi) is 3.31. The van der Waals surface area contributed by atoms with E-state index in [1.54, 1.807) is 25.2 Å². The predicted octanol–water partition coefficient (Wildman–Crippen LogP) is 1.89. The number of nitrogens with zero attached hydrogens (tertiary/aromatic N) is 3. The molecule has 16 heavy (non-hydrogen) atoms. The standard InChI is InChI=1S/C10H10BrFN4/c1-13-5-9-14-6-15-16(9)8-4-2-3-7(11)10(8)12/h2-4,6,13H,5H2,1H3. The Balaban J connectivity index is 2.50. The number of aromatic nitrogens is 3. The van der Waals surface area contributed by atoms with Gasteiger partial charge >= 0.3 is 0 Å². The minimum absolute atomic E-state index is 0.342. The molecular formula is C10H10BrFN4. The molecule has 0 aliphatic heterocycles. The van der Waals surface area contributed by atoms with Gasteiger partial charge in [0, 0.05) is 0 Å². The highest BCUT2D eigenvalue weighted by molar-refractivity contribution is 9.10. The minimum atomic E-state index is -0.342. The molecule has 0 atom stereocenters. The Labute approximate surface area is 101 Å². The van der Waals surface area contributed by atoms with Crippen molar-refractivity contribution in [2.75, 3.05) is 7.05 Å². The van der Waals surface area contributed by atoms with E-state index < -0.39 is 0 Å². The lowest BCUT2D eigenvalue weighted by Gasteiger charge is -2.07. The van der Waals surface area contributed by atoms with Gasteiger partial charge < -0.3 is 5.32 Å². The maximum absolute atomic E-state index is 13.8. The fraction of sp³-hybridized carbons (Fsp3) is 0.200. The first kappa shape index (κ1) is 11.2. The second kappa shape index (κ2) is 4.71. The van der Waals surface area contributed by atoms with Gasteiger partial charge in [0.25, 0.3) is 0 Å². The van der Waals surface area contributed by atoms with Gasteiger partial charge in [0.05, 0.1) is 11.0 Å². The average molecular weight is 285 g/mol. The van der Waals surface area contributed by atoms with Gasteiger partial charge in [-0.2, -0.15) is 5.10 Å². The Hall–Kier alpha value is -1.27. The van der Waals surface area contributed by atoms with Crippen LogP contribution in [0.4, 0.5) is 4.39 Å². The zero-order valence-electron chi connectivity index (χ0n) is 8.61. The summed E-state index contributed by atoms with van der Waals surface area (Å²) in [5.41, 5.74) is 0.386. The fourth-order valence-electron chi connectivity index (χ4n) is 1.40. The first-order chi connectivity index (χ1) is 7.74. The minimum Gasteiger partial charge on any atom is -0.313 e. The van der Waals surface area contributed by atoms with Crippen molar-refractivity contribution in [3.05, 3.63) is 40.6 Å². The largest absolute Gasteiger partial charge is 0.313 e. The van der Waals surface area contributed by atoms with E-state index >= 15 is 0 Å². The lowest BCUT2D eigenvalue weighted by atomic mass is 10.3. The Morgan fingerprint density at radius 1 is 1.50 bits per heavy atom. The summed E-state index contributed by atoms with van der Waals surface area (Å²) in [4.78, 5) is 4.06. The zero-order chi connectivity index (χ0) is 11.5. The van der Waals surface area contributed by atoms with Crippen LogP contribution in [0, 0.1) is 5.82 Å². The van der Waals surface area contributed by atoms with Crippen LogP contribution in [-0.4, -0.2) is 21.8 Å². The Bertz CT molecular complexity index is 497. The van der Waals surface area contributed by atoms with Gasteiger partial charge in [-0.1, -0.05) is 6.07 Å². The maximum Gasteiger partial charge on any atom is 0.163 e. The molecule has 2 aromatic rings. The first-order valence-corrected chi connectivity index (χ1v) is 5.51. The fourth-order valence-corrected chi connectivity index (χ4v) is 1.76. The molecule has 0 fully saturated rings. The van der Waals surface area contributed by atoms with Crippen molar-refractivity contribution in [2.45, 2.75) is 6.54 Å². The number of rotatable bonds is 3. The molecule has 0 spiro atoms. The summed E-state index contributed by atoms with van der Waals surface area (Å²) in [7, 11) is 1.80. The van der Waals surface area contributed by atoms with E-state index in [0.717, 1.165) is 0 Å². The number of halogens is 2. The van der Waals surface area contributed by atoms with Crippen molar-refractivity contribution in [1.29, 1.82) is 0 Å². The van der Waals surface area contributed by atoms with Crippen molar-refractivity contribution in [2.24, 2.45) is 0 Å². The van der Waals surface area contributed by atoms with E-state index in [9.17, 15) is 4.39 Å². The molecule has 0 aliphatic rings. The summed E-state index contributed by atoms with van der Waals surface area (Å²) < 4.78 is 15.7. The molecule has 0 unspecified atom stereocenters. The summed E-state index contributed by atoms with van der Waals surface area (Å²) in [5.74, 6) is 0.324. The maximum atomic E-state index is 13.8. The van der Waals surface area contributed by atoms with Crippen LogP contribution in [-0.2, 0) is 6.54 Å². The SMILES string of the molecule is CNCc1ncnn1-c1cccc(Br)c1F. The van der Waals surface area contributed by atoms with Gasteiger partial charge in [0.2, 0.25) is 0 Å². The summed E-state index contributed by atoms with van der Waals surface area (Å²) in [6.07, 6.45) is 1.41. The van der Waals surface area contributed by atoms with E-state index in [2.05, 4.69) is 31.3 Å². The normalized spacial score (nSPS) is 10.7. The highest BCUT2D eigenvalue weighted by atomic mass is 79.9. The van der Waals surface area contributed by atoms with Crippen molar-refractivity contribution in [1.82, 2.24) is 20.1 Å². The quantitative estimate of drug-likeness (QED) is 0.936. The van der Waals surface area contributed by atoms with Gasteiger partial charge in [0.1, 0.15) is 17.8 Å². The molecule has 0 saturated heterocycles. The summed E-state index contributed by atoms with van der Waals surface area (Å²) in [6.45, 7) is 0.534. The van der Waals surface area contributed by atoms with Crippen molar-refractivity contribution in [3.8, 4) is 5.69 Å². The molecule has 0 saturated carbocycles. The molecular weight excluding hydrogens is 275 g/mol. The van der Waals surface area contributed by atoms with E-state index in [1.807, 2.05) is 0 Å². The van der Waals surface area contributed by atoms with Crippen LogP contribution in [0.3, 0.4) is 0 Å². The highest BCUT2D eigenvalue weighted by Gasteiger charge is 2.12. The number of benzene rings is 1. The molecule has 1 heterocycles. The van der Waals surface area contributed by atoms with Crippen LogP contribution in [0.25, 0.3) is 5.69 Å². The summed E-state index contributed by atoms with van der Waals surface area (Å²) in [5, 5.41) is 6.97. The van der Waals surface area contributed by atoms with E-state index in [-0.39, 0.29) is 5.82 Å². The Morgan fingerprint density at radius 2 is 2.31 bits per heavy atom. The molecule has 0 radical (unpaired) electrons. The molecule has 1 aromatic heterocycles. The molecule has 2 rings (SSSR count). The van der Waals surface area contributed by atoms with E-state index in [4.69, 9.17) is 0 Å². The lowest BCUT2D eigenvalue weighted by molar-refractivity contribution is 0.595. The number of nitrogens with one attached hydrogen (secondary N) is 1. The van der Waals surface area contributed by atoms with E-state index in [1.165, 1.54) is 11.0 Å². The molecule has 6 heteroatoms. The molecule has 0 aliphatic carbocycles. The zero-order valence-corrected chi connectivity index (χ0v) is 10.2. The molecule has 0 bridgehead atoms. The molecule has 1 N–H and O–H groups in total. The Morgan fingerprint density at radius 3 is 3.06 bits per heavy atom. The molecule has 4 nitrogen and oxygen atoms in total. The first-order valence-electron chi connectivity index (χ1n) is 4.72. The van der Waals surface area contributed by atoms with Gasteiger partial charge in [-0.3, -0.25) is 0 Å². The van der Waals surface area contributed by atoms with Crippen molar-refractivity contribution >= 4 is 15.9 Å². The van der Waals surface area contributed by atoms with Gasteiger partial charge in [0.15, 0.2) is 5.82 Å². The van der Waals surface area contributed by atoms with Crippen LogP contribution >= 0.6 is 15.9 Å². The average Bonchev–Trinajstić information content (AvgIpc) is 2.71. The van der Waals surface area contributed by atoms with Crippen LogP contribution in [0.5, 0.6) is 0 Å². The number of hydrogen-bond acceptors (Lipinski definition) is 3. The molecule has 1 aromatic carbocycles. The third-order valence-electron chi connectivity index (χ3n) is 2.11. The van der Waals surface area contributed by atoms with Crippen LogP contribution < -0.4 is 5.32 Å². The van der Waals surface area contributed by atoms with Crippen LogP contribution in [0.15, 0.2) is 29.0 Å². The molecule has 84 valence electrons.